The summed E-state index contributed by atoms with van der Waals surface area (Å²) in [5, 5.41) is 7.97. The summed E-state index contributed by atoms with van der Waals surface area (Å²) in [6.45, 7) is 5.85. The van der Waals surface area contributed by atoms with Crippen LogP contribution in [0.4, 0.5) is 0 Å². The number of hydrogen-bond donors (Lipinski definition) is 2. The van der Waals surface area contributed by atoms with Gasteiger partial charge in [-0.1, -0.05) is 24.3 Å². The zero-order valence-corrected chi connectivity index (χ0v) is 23.0. The molecule has 208 valence electrons. The molecule has 0 bridgehead atoms. The second kappa shape index (κ2) is 12.1. The van der Waals surface area contributed by atoms with E-state index < -0.39 is 43.3 Å². The van der Waals surface area contributed by atoms with Crippen molar-refractivity contribution >= 4 is 32.2 Å². The zero-order chi connectivity index (χ0) is 28.8. The van der Waals surface area contributed by atoms with Crippen LogP contribution >= 0.6 is 0 Å². The second-order valence-electron chi connectivity index (χ2n) is 9.33. The highest BCUT2D eigenvalue weighted by Crippen LogP contribution is 2.19. The van der Waals surface area contributed by atoms with Crippen molar-refractivity contribution in [2.75, 3.05) is 13.2 Å². The van der Waals surface area contributed by atoms with Gasteiger partial charge in [0.05, 0.1) is 23.0 Å². The largest absolute Gasteiger partial charge is 0.464 e. The molecule has 0 spiro atoms. The Bertz CT molecular complexity index is 1270. The van der Waals surface area contributed by atoms with Gasteiger partial charge in [-0.25, -0.2) is 9.59 Å². The topological polar surface area (TPSA) is 186 Å². The third-order valence-electron chi connectivity index (χ3n) is 5.24. The summed E-state index contributed by atoms with van der Waals surface area (Å²) in [4.78, 5) is 24.5. The fraction of sp³-hybridized carbons (Fsp3) is 0.417. The number of benzene rings is 2. The molecule has 0 saturated heterocycles. The summed E-state index contributed by atoms with van der Waals surface area (Å²) >= 11 is 0. The lowest BCUT2D eigenvalue weighted by molar-refractivity contribution is -0.151. The van der Waals surface area contributed by atoms with Gasteiger partial charge < -0.3 is 9.47 Å². The van der Waals surface area contributed by atoms with Crippen molar-refractivity contribution in [1.29, 1.82) is 0 Å². The number of esters is 2. The van der Waals surface area contributed by atoms with E-state index in [-0.39, 0.29) is 23.0 Å². The summed E-state index contributed by atoms with van der Waals surface area (Å²) < 4.78 is 72.9. The molecule has 38 heavy (non-hydrogen) atoms. The molecule has 2 rings (SSSR count). The quantitative estimate of drug-likeness (QED) is 0.218. The lowest BCUT2D eigenvalue weighted by atomic mass is 10.1. The first-order valence-corrected chi connectivity index (χ1v) is 14.2. The molecule has 0 aliphatic rings. The minimum atomic E-state index is -4.29. The number of azo groups is 1. The van der Waals surface area contributed by atoms with Crippen LogP contribution < -0.4 is 0 Å². The summed E-state index contributed by atoms with van der Waals surface area (Å²) in [6.07, 6.45) is 0.585. The number of carbonyl (C=O) groups is 2. The van der Waals surface area contributed by atoms with E-state index in [0.29, 0.717) is 24.0 Å². The third kappa shape index (κ3) is 9.28. The van der Waals surface area contributed by atoms with E-state index in [1.165, 1.54) is 76.2 Å². The van der Waals surface area contributed by atoms with Gasteiger partial charge in [0, 0.05) is 12.8 Å². The van der Waals surface area contributed by atoms with Gasteiger partial charge in [-0.2, -0.15) is 27.1 Å². The Morgan fingerprint density at radius 3 is 1.21 bits per heavy atom. The predicted molar refractivity (Wildman–Crippen MR) is 135 cm³/mol. The molecule has 2 aromatic rings. The monoisotopic (exact) mass is 570 g/mol. The lowest BCUT2D eigenvalue weighted by Gasteiger charge is -2.21. The average Bonchev–Trinajstić information content (AvgIpc) is 2.82. The van der Waals surface area contributed by atoms with Gasteiger partial charge in [-0.3, -0.25) is 9.11 Å². The van der Waals surface area contributed by atoms with Crippen LogP contribution in [0, 0.1) is 0 Å². The van der Waals surface area contributed by atoms with Crippen molar-refractivity contribution in [2.24, 2.45) is 10.2 Å². The first-order chi connectivity index (χ1) is 17.4. The van der Waals surface area contributed by atoms with Gasteiger partial charge in [0.15, 0.2) is 11.1 Å². The maximum atomic E-state index is 12.5. The van der Waals surface area contributed by atoms with E-state index in [9.17, 15) is 26.4 Å². The number of nitrogens with zero attached hydrogens (tertiary/aromatic N) is 2. The molecule has 14 heteroatoms. The SMILES string of the molecule is CC(C)(N=NC(C)(C)C(=O)OCCc1ccc(S(=O)(=O)O)cc1)C(=O)OCCc1ccc(S(=O)(=O)O)cc1. The molecular formula is C24H30N2O10S2. The van der Waals surface area contributed by atoms with Crippen LogP contribution in [0.5, 0.6) is 0 Å². The van der Waals surface area contributed by atoms with Gasteiger partial charge in [-0.05, 0) is 63.1 Å². The molecule has 0 aliphatic heterocycles. The van der Waals surface area contributed by atoms with Gasteiger partial charge in [0.25, 0.3) is 20.2 Å². The average molecular weight is 571 g/mol. The van der Waals surface area contributed by atoms with Gasteiger partial charge in [0.1, 0.15) is 0 Å². The van der Waals surface area contributed by atoms with Crippen molar-refractivity contribution in [3.05, 3.63) is 59.7 Å². The van der Waals surface area contributed by atoms with E-state index in [0.717, 1.165) is 0 Å². The molecule has 2 N–H and O–H groups in total. The number of hydrogen-bond acceptors (Lipinski definition) is 10. The molecule has 12 nitrogen and oxygen atoms in total. The van der Waals surface area contributed by atoms with Crippen LogP contribution in [0.2, 0.25) is 0 Å². The maximum absolute atomic E-state index is 12.5. The number of ether oxygens (including phenoxy) is 2. The fourth-order valence-electron chi connectivity index (χ4n) is 2.86. The molecule has 0 radical (unpaired) electrons. The van der Waals surface area contributed by atoms with Crippen molar-refractivity contribution in [2.45, 2.75) is 61.4 Å². The summed E-state index contributed by atoms with van der Waals surface area (Å²) in [5.74, 6) is -1.37. The van der Waals surface area contributed by atoms with E-state index in [1.807, 2.05) is 0 Å². The van der Waals surface area contributed by atoms with Crippen LogP contribution in [-0.2, 0) is 52.1 Å². The molecule has 0 amide bonds. The molecule has 0 atom stereocenters. The Morgan fingerprint density at radius 1 is 0.658 bits per heavy atom. The maximum Gasteiger partial charge on any atom is 0.335 e. The Balaban J connectivity index is 1.85. The predicted octanol–water partition coefficient (Wildman–Crippen LogP) is 3.06. The first kappa shape index (κ1) is 31.0. The number of carbonyl (C=O) groups excluding carboxylic acids is 2. The van der Waals surface area contributed by atoms with Crippen LogP contribution in [0.3, 0.4) is 0 Å². The van der Waals surface area contributed by atoms with Crippen LogP contribution in [0.1, 0.15) is 38.8 Å². The number of rotatable bonds is 12. The Kier molecular flexibility index (Phi) is 9.88. The second-order valence-corrected chi connectivity index (χ2v) is 12.2. The Morgan fingerprint density at radius 2 is 0.947 bits per heavy atom. The molecule has 0 heterocycles. The molecular weight excluding hydrogens is 540 g/mol. The summed E-state index contributed by atoms with van der Waals surface area (Å²) in [5.41, 5.74) is -1.44. The highest BCUT2D eigenvalue weighted by Gasteiger charge is 2.34. The van der Waals surface area contributed by atoms with Crippen LogP contribution in [-0.4, -0.2) is 62.2 Å². The highest BCUT2D eigenvalue weighted by atomic mass is 32.2. The van der Waals surface area contributed by atoms with E-state index in [1.54, 1.807) is 0 Å². The fourth-order valence-corrected chi connectivity index (χ4v) is 3.82. The molecule has 0 saturated carbocycles. The van der Waals surface area contributed by atoms with Crippen LogP contribution in [0.25, 0.3) is 0 Å². The Labute approximate surface area is 221 Å². The van der Waals surface area contributed by atoms with Crippen molar-refractivity contribution in [3.63, 3.8) is 0 Å². The zero-order valence-electron chi connectivity index (χ0n) is 21.3. The van der Waals surface area contributed by atoms with E-state index in [2.05, 4.69) is 10.2 Å². The molecule has 2 aromatic carbocycles. The summed E-state index contributed by atoms with van der Waals surface area (Å²) in [7, 11) is -8.58. The van der Waals surface area contributed by atoms with Gasteiger partial charge in [-0.15, -0.1) is 0 Å². The lowest BCUT2D eigenvalue weighted by Crippen LogP contribution is -2.35. The first-order valence-electron chi connectivity index (χ1n) is 11.3. The molecule has 0 unspecified atom stereocenters. The highest BCUT2D eigenvalue weighted by molar-refractivity contribution is 7.86. The molecule has 0 fully saturated rings. The standard InChI is InChI=1S/C24H30N2O10S2/c1-23(2,21(27)35-15-13-17-5-9-19(10-6-17)37(29,30)31)25-26-24(3,4)22(28)36-16-14-18-7-11-20(12-8-18)38(32,33)34/h5-12H,13-16H2,1-4H3,(H,29,30,31)(H,32,33,34). The van der Waals surface area contributed by atoms with Crippen LogP contribution in [0.15, 0.2) is 68.6 Å². The summed E-state index contributed by atoms with van der Waals surface area (Å²) in [6, 6.07) is 10.9. The minimum absolute atomic E-state index is 0.0142. The van der Waals surface area contributed by atoms with Gasteiger partial charge >= 0.3 is 11.9 Å². The normalized spacial score (nSPS) is 12.9. The van der Waals surface area contributed by atoms with Crippen molar-refractivity contribution in [1.82, 2.24) is 0 Å². The van der Waals surface area contributed by atoms with Crippen molar-refractivity contribution in [3.8, 4) is 0 Å². The van der Waals surface area contributed by atoms with E-state index in [4.69, 9.17) is 18.6 Å². The van der Waals surface area contributed by atoms with E-state index >= 15 is 0 Å². The molecule has 0 aliphatic carbocycles. The Hall–Kier alpha value is -3.20. The van der Waals surface area contributed by atoms with Gasteiger partial charge in [0.2, 0.25) is 0 Å². The van der Waals surface area contributed by atoms with Crippen molar-refractivity contribution < 1.29 is 45.0 Å². The third-order valence-corrected chi connectivity index (χ3v) is 6.98. The smallest absolute Gasteiger partial charge is 0.335 e. The molecule has 0 aromatic heterocycles. The minimum Gasteiger partial charge on any atom is -0.464 e.